The van der Waals surface area contributed by atoms with E-state index in [9.17, 15) is 4.79 Å². The van der Waals surface area contributed by atoms with Gasteiger partial charge in [-0.1, -0.05) is 25.1 Å². The molecule has 1 N–H and O–H groups in total. The van der Waals surface area contributed by atoms with E-state index in [0.29, 0.717) is 24.5 Å². The van der Waals surface area contributed by atoms with Crippen LogP contribution in [-0.2, 0) is 34.4 Å². The third-order valence-electron chi connectivity index (χ3n) is 8.87. The molecule has 1 aromatic heterocycles. The number of aryl methyl sites for hydroxylation is 1. The minimum Gasteiger partial charge on any atom is -0.370 e. The largest absolute Gasteiger partial charge is 0.370 e. The number of carbonyl (C=O) groups excluding carboxylic acids is 1. The van der Waals surface area contributed by atoms with Gasteiger partial charge in [0.05, 0.1) is 18.8 Å². The van der Waals surface area contributed by atoms with E-state index in [0.717, 1.165) is 71.2 Å². The van der Waals surface area contributed by atoms with Gasteiger partial charge in [0.2, 0.25) is 5.91 Å². The molecule has 1 saturated heterocycles. The maximum atomic E-state index is 12.7. The highest BCUT2D eigenvalue weighted by Gasteiger charge is 2.45. The highest BCUT2D eigenvalue weighted by Crippen LogP contribution is 2.46. The number of likely N-dealkylation sites (tertiary alicyclic amines) is 1. The Labute approximate surface area is 213 Å². The summed E-state index contributed by atoms with van der Waals surface area (Å²) in [6.45, 7) is 9.21. The van der Waals surface area contributed by atoms with Crippen LogP contribution in [0.1, 0.15) is 60.4 Å². The third-order valence-corrected chi connectivity index (χ3v) is 10.2. The number of benzene rings is 1. The number of para-hydroxylation sites is 1. The second-order valence-corrected chi connectivity index (χ2v) is 12.4. The van der Waals surface area contributed by atoms with Gasteiger partial charge in [-0.05, 0) is 74.6 Å². The number of piperidine rings is 1. The molecule has 0 radical (unpaired) electrons. The summed E-state index contributed by atoms with van der Waals surface area (Å²) in [6.07, 6.45) is 7.68. The van der Waals surface area contributed by atoms with E-state index in [4.69, 9.17) is 4.74 Å². The molecule has 1 spiro atoms. The average molecular weight is 494 g/mol. The molecule has 1 saturated carbocycles. The predicted octanol–water partition coefficient (Wildman–Crippen LogP) is 4.52. The lowest BCUT2D eigenvalue weighted by Crippen LogP contribution is -2.54. The zero-order chi connectivity index (χ0) is 24.0. The number of rotatable bonds is 6. The summed E-state index contributed by atoms with van der Waals surface area (Å²) < 4.78 is 6.52. The summed E-state index contributed by atoms with van der Waals surface area (Å²) in [4.78, 5) is 20.7. The van der Waals surface area contributed by atoms with Gasteiger partial charge in [-0.15, -0.1) is 11.3 Å². The molecular weight excluding hydrogens is 454 g/mol. The topological polar surface area (TPSA) is 44.8 Å². The first-order valence-corrected chi connectivity index (χ1v) is 14.5. The van der Waals surface area contributed by atoms with Gasteiger partial charge in [0.1, 0.15) is 0 Å². The maximum absolute atomic E-state index is 12.7. The molecule has 2 aromatic rings. The number of anilines is 1. The standard InChI is InChI=1S/C29H39N3O2S/c1-3-24-16-25-27(35-24)9-13-34-29(25)10-12-31(20(2)17-29)18-21-14-23(15-21)30-28(33)19-32-11-8-22-6-4-5-7-26(22)32/h4-7,16,20-21,23H,3,8-15,17-19H2,1-2H3,(H,30,33)/t20-,21?,23?,29+/m0/s1. The Kier molecular flexibility index (Phi) is 6.40. The SMILES string of the molecule is CCc1cc2c(s1)CCO[C@@]21CCN(CC2CC(NC(=O)CN3CCc4ccccc43)C2)[C@@H](C)C1. The molecule has 1 amide bonds. The Bertz CT molecular complexity index is 1080. The van der Waals surface area contributed by atoms with Crippen molar-refractivity contribution in [3.8, 4) is 0 Å². The smallest absolute Gasteiger partial charge is 0.239 e. The van der Waals surface area contributed by atoms with Crippen LogP contribution in [0, 0.1) is 5.92 Å². The van der Waals surface area contributed by atoms with Crippen LogP contribution in [0.3, 0.4) is 0 Å². The summed E-state index contributed by atoms with van der Waals surface area (Å²) >= 11 is 2.01. The number of fused-ring (bicyclic) bond motifs is 3. The molecule has 6 rings (SSSR count). The van der Waals surface area contributed by atoms with E-state index in [2.05, 4.69) is 59.3 Å². The number of carbonyl (C=O) groups is 1. The molecule has 0 unspecified atom stereocenters. The summed E-state index contributed by atoms with van der Waals surface area (Å²) in [6, 6.07) is 11.8. The van der Waals surface area contributed by atoms with Crippen molar-refractivity contribution < 1.29 is 9.53 Å². The Hall–Kier alpha value is -1.89. The fraction of sp³-hybridized carbons (Fsp3) is 0.621. The molecule has 6 heteroatoms. The monoisotopic (exact) mass is 493 g/mol. The van der Waals surface area contributed by atoms with E-state index >= 15 is 0 Å². The Morgan fingerprint density at radius 3 is 2.91 bits per heavy atom. The minimum atomic E-state index is -0.0578. The Morgan fingerprint density at radius 1 is 1.23 bits per heavy atom. The summed E-state index contributed by atoms with van der Waals surface area (Å²) in [5.41, 5.74) is 4.04. The summed E-state index contributed by atoms with van der Waals surface area (Å²) in [5.74, 6) is 0.867. The fourth-order valence-electron chi connectivity index (χ4n) is 6.90. The number of ether oxygens (including phenoxy) is 1. The van der Waals surface area contributed by atoms with Crippen molar-refractivity contribution in [3.05, 3.63) is 51.2 Å². The van der Waals surface area contributed by atoms with Crippen molar-refractivity contribution in [2.24, 2.45) is 5.92 Å². The lowest BCUT2D eigenvalue weighted by molar-refractivity contribution is -0.122. The van der Waals surface area contributed by atoms with Gasteiger partial charge >= 0.3 is 0 Å². The van der Waals surface area contributed by atoms with E-state index in [1.807, 2.05) is 11.3 Å². The average Bonchev–Trinajstić information content (AvgIpc) is 3.44. The lowest BCUT2D eigenvalue weighted by Gasteiger charge is -2.49. The van der Waals surface area contributed by atoms with Crippen molar-refractivity contribution in [1.29, 1.82) is 0 Å². The van der Waals surface area contributed by atoms with Crippen LogP contribution in [-0.4, -0.2) is 55.7 Å². The number of thiophene rings is 1. The van der Waals surface area contributed by atoms with Crippen molar-refractivity contribution in [3.63, 3.8) is 0 Å². The van der Waals surface area contributed by atoms with E-state index in [1.165, 1.54) is 21.7 Å². The normalized spacial score (nSPS) is 30.1. The summed E-state index contributed by atoms with van der Waals surface area (Å²) in [7, 11) is 0. The van der Waals surface area contributed by atoms with E-state index < -0.39 is 0 Å². The van der Waals surface area contributed by atoms with Crippen LogP contribution in [0.25, 0.3) is 0 Å². The van der Waals surface area contributed by atoms with Gasteiger partial charge in [0.25, 0.3) is 0 Å². The number of hydrogen-bond acceptors (Lipinski definition) is 5. The van der Waals surface area contributed by atoms with Crippen molar-refractivity contribution in [2.45, 2.75) is 76.5 Å². The van der Waals surface area contributed by atoms with Gasteiger partial charge in [0.15, 0.2) is 0 Å². The van der Waals surface area contributed by atoms with Crippen LogP contribution in [0.4, 0.5) is 5.69 Å². The number of nitrogens with one attached hydrogen (secondary N) is 1. The minimum absolute atomic E-state index is 0.0578. The van der Waals surface area contributed by atoms with E-state index in [-0.39, 0.29) is 11.5 Å². The fourth-order valence-corrected chi connectivity index (χ4v) is 8.08. The molecule has 1 aliphatic carbocycles. The van der Waals surface area contributed by atoms with Gasteiger partial charge in [-0.3, -0.25) is 4.79 Å². The second kappa shape index (κ2) is 9.53. The first kappa shape index (κ1) is 23.5. The maximum Gasteiger partial charge on any atom is 0.239 e. The molecular formula is C29H39N3O2S. The summed E-state index contributed by atoms with van der Waals surface area (Å²) in [5, 5.41) is 3.30. The lowest BCUT2D eigenvalue weighted by atomic mass is 9.76. The van der Waals surface area contributed by atoms with Crippen molar-refractivity contribution >= 4 is 22.9 Å². The van der Waals surface area contributed by atoms with E-state index in [1.54, 1.807) is 4.88 Å². The van der Waals surface area contributed by atoms with Crippen LogP contribution >= 0.6 is 11.3 Å². The first-order chi connectivity index (χ1) is 17.0. The predicted molar refractivity (Wildman–Crippen MR) is 142 cm³/mol. The zero-order valence-corrected chi connectivity index (χ0v) is 22.0. The van der Waals surface area contributed by atoms with Gasteiger partial charge < -0.3 is 19.9 Å². The van der Waals surface area contributed by atoms with Crippen LogP contribution < -0.4 is 10.2 Å². The molecule has 4 aliphatic rings. The van der Waals surface area contributed by atoms with Gasteiger partial charge in [0, 0.05) is 53.6 Å². The molecule has 4 heterocycles. The van der Waals surface area contributed by atoms with Crippen LogP contribution in [0.5, 0.6) is 0 Å². The first-order valence-electron chi connectivity index (χ1n) is 13.7. The third kappa shape index (κ3) is 4.54. The Morgan fingerprint density at radius 2 is 2.09 bits per heavy atom. The number of hydrogen-bond donors (Lipinski definition) is 1. The van der Waals surface area contributed by atoms with Crippen LogP contribution in [0.15, 0.2) is 30.3 Å². The van der Waals surface area contributed by atoms with Crippen molar-refractivity contribution in [2.75, 3.05) is 37.7 Å². The molecule has 1 aromatic carbocycles. The quantitative estimate of drug-likeness (QED) is 0.643. The second-order valence-electron chi connectivity index (χ2n) is 11.2. The number of nitrogens with zero attached hydrogens (tertiary/aromatic N) is 2. The van der Waals surface area contributed by atoms with Crippen molar-refractivity contribution in [1.82, 2.24) is 10.2 Å². The van der Waals surface area contributed by atoms with Gasteiger partial charge in [-0.25, -0.2) is 0 Å². The molecule has 2 fully saturated rings. The molecule has 35 heavy (non-hydrogen) atoms. The molecule has 188 valence electrons. The molecule has 0 bridgehead atoms. The van der Waals surface area contributed by atoms with Crippen LogP contribution in [0.2, 0.25) is 0 Å². The molecule has 2 atom stereocenters. The highest BCUT2D eigenvalue weighted by atomic mass is 32.1. The molecule has 5 nitrogen and oxygen atoms in total. The highest BCUT2D eigenvalue weighted by molar-refractivity contribution is 7.12. The number of amides is 1. The Balaban J connectivity index is 0.974. The van der Waals surface area contributed by atoms with Gasteiger partial charge in [-0.2, -0.15) is 0 Å². The zero-order valence-electron chi connectivity index (χ0n) is 21.2. The molecule has 3 aliphatic heterocycles.